The topological polar surface area (TPSA) is 122 Å². The number of aliphatic hydroxyl groups is 1. The zero-order valence-electron chi connectivity index (χ0n) is 29.8. The standard InChI is InChI=1S/C39H48N8O3/c1-25-11-13-27(14-12-25)47-35(23-33(44-47)38(2,3)4)41-36(48)40-31-16-17-32(30-10-8-7-9-29(30)31)50-28-15-18-34-42-43-37(46(34)24-28)45-21-19-26(20-22-45)39(5,6)49/h7-15,18,23-24,26,31-32,49H,16-17,19-22H2,1-6H3,(H2,40,41,48)/t31-,32+/m0/s1. The van der Waals surface area contributed by atoms with Crippen molar-refractivity contribution < 1.29 is 14.6 Å². The average molecular weight is 677 g/mol. The van der Waals surface area contributed by atoms with Gasteiger partial charge in [-0.25, -0.2) is 9.48 Å². The predicted molar refractivity (Wildman–Crippen MR) is 195 cm³/mol. The normalized spacial score (nSPS) is 18.6. The third kappa shape index (κ3) is 6.92. The number of carbonyl (C=O) groups excluding carboxylic acids is 1. The minimum Gasteiger partial charge on any atom is -0.484 e. The number of aromatic nitrogens is 5. The molecule has 0 saturated carbocycles. The summed E-state index contributed by atoms with van der Waals surface area (Å²) < 4.78 is 10.4. The van der Waals surface area contributed by atoms with Gasteiger partial charge in [-0.2, -0.15) is 5.10 Å². The van der Waals surface area contributed by atoms with E-state index in [1.807, 2.05) is 79.0 Å². The molecule has 0 spiro atoms. The van der Waals surface area contributed by atoms with Gasteiger partial charge in [0.2, 0.25) is 5.95 Å². The van der Waals surface area contributed by atoms with Gasteiger partial charge in [-0.05, 0) is 87.8 Å². The fourth-order valence-electron chi connectivity index (χ4n) is 7.15. The maximum absolute atomic E-state index is 13.6. The van der Waals surface area contributed by atoms with Gasteiger partial charge in [-0.1, -0.05) is 62.7 Å². The van der Waals surface area contributed by atoms with E-state index in [4.69, 9.17) is 9.84 Å². The molecule has 3 aromatic heterocycles. The Morgan fingerprint density at radius 2 is 1.62 bits per heavy atom. The van der Waals surface area contributed by atoms with Gasteiger partial charge in [0.05, 0.1) is 29.2 Å². The minimum absolute atomic E-state index is 0.176. The molecule has 0 unspecified atom stereocenters. The van der Waals surface area contributed by atoms with Crippen molar-refractivity contribution in [2.24, 2.45) is 5.92 Å². The third-order valence-corrected chi connectivity index (χ3v) is 10.2. The number of hydrogen-bond donors (Lipinski definition) is 3. The second kappa shape index (κ2) is 13.1. The molecule has 0 bridgehead atoms. The van der Waals surface area contributed by atoms with Gasteiger partial charge in [0.25, 0.3) is 0 Å². The number of carbonyl (C=O) groups is 1. The molecule has 11 nitrogen and oxygen atoms in total. The summed E-state index contributed by atoms with van der Waals surface area (Å²) in [6.45, 7) is 13.8. The number of nitrogens with zero attached hydrogens (tertiary/aromatic N) is 6. The lowest BCUT2D eigenvalue weighted by atomic mass is 9.83. The first-order valence-electron chi connectivity index (χ1n) is 17.7. The van der Waals surface area contributed by atoms with Gasteiger partial charge in [-0.3, -0.25) is 9.72 Å². The van der Waals surface area contributed by atoms with Crippen molar-refractivity contribution in [2.75, 3.05) is 23.3 Å². The van der Waals surface area contributed by atoms with Crippen LogP contribution in [0.5, 0.6) is 5.75 Å². The van der Waals surface area contributed by atoms with Crippen molar-refractivity contribution in [1.29, 1.82) is 0 Å². The van der Waals surface area contributed by atoms with Gasteiger partial charge in [0, 0.05) is 24.6 Å². The van der Waals surface area contributed by atoms with Gasteiger partial charge in [0.15, 0.2) is 5.65 Å². The van der Waals surface area contributed by atoms with Crippen LogP contribution in [0.1, 0.15) is 94.8 Å². The van der Waals surface area contributed by atoms with E-state index in [2.05, 4.69) is 65.6 Å². The molecule has 4 heterocycles. The summed E-state index contributed by atoms with van der Waals surface area (Å²) in [5.41, 5.74) is 4.93. The summed E-state index contributed by atoms with van der Waals surface area (Å²) in [5, 5.41) is 30.6. The molecule has 7 rings (SSSR count). The molecule has 0 radical (unpaired) electrons. The molecule has 1 saturated heterocycles. The van der Waals surface area contributed by atoms with Crippen molar-refractivity contribution in [1.82, 2.24) is 29.7 Å². The van der Waals surface area contributed by atoms with E-state index in [0.29, 0.717) is 5.82 Å². The number of fused-ring (bicyclic) bond motifs is 2. The quantitative estimate of drug-likeness (QED) is 0.166. The molecule has 50 heavy (non-hydrogen) atoms. The number of amides is 2. The number of urea groups is 1. The zero-order chi connectivity index (χ0) is 35.2. The van der Waals surface area contributed by atoms with E-state index < -0.39 is 5.60 Å². The molecule has 3 N–H and O–H groups in total. The Hall–Kier alpha value is -4.90. The Morgan fingerprint density at radius 3 is 2.32 bits per heavy atom. The number of rotatable bonds is 7. The van der Waals surface area contributed by atoms with E-state index in [9.17, 15) is 9.90 Å². The van der Waals surface area contributed by atoms with Crippen LogP contribution < -0.4 is 20.3 Å². The number of pyridine rings is 1. The van der Waals surface area contributed by atoms with Crippen LogP contribution >= 0.6 is 0 Å². The molecule has 2 atom stereocenters. The second-order valence-electron chi connectivity index (χ2n) is 15.4. The maximum Gasteiger partial charge on any atom is 0.320 e. The molecule has 2 aromatic carbocycles. The van der Waals surface area contributed by atoms with Crippen molar-refractivity contribution in [3.05, 3.63) is 95.3 Å². The Labute approximate surface area is 293 Å². The summed E-state index contributed by atoms with van der Waals surface area (Å²) >= 11 is 0. The Bertz CT molecular complexity index is 1980. The Balaban J connectivity index is 1.06. The van der Waals surface area contributed by atoms with Crippen LogP contribution in [0.15, 0.2) is 72.9 Å². The monoisotopic (exact) mass is 676 g/mol. The highest BCUT2D eigenvalue weighted by Crippen LogP contribution is 2.39. The average Bonchev–Trinajstić information content (AvgIpc) is 3.70. The summed E-state index contributed by atoms with van der Waals surface area (Å²) in [6.07, 6.45) is 5.04. The van der Waals surface area contributed by atoms with Crippen LogP contribution in [0.3, 0.4) is 0 Å². The lowest BCUT2D eigenvalue weighted by molar-refractivity contribution is 0.00638. The number of aryl methyl sites for hydroxylation is 1. The largest absolute Gasteiger partial charge is 0.484 e. The molecule has 5 aromatic rings. The van der Waals surface area contributed by atoms with Crippen LogP contribution in [0.2, 0.25) is 0 Å². The van der Waals surface area contributed by atoms with E-state index in [-0.39, 0.29) is 29.5 Å². The fourth-order valence-corrected chi connectivity index (χ4v) is 7.15. The minimum atomic E-state index is -0.684. The van der Waals surface area contributed by atoms with Gasteiger partial charge in [-0.15, -0.1) is 10.2 Å². The smallest absolute Gasteiger partial charge is 0.320 e. The van der Waals surface area contributed by atoms with Crippen molar-refractivity contribution in [2.45, 2.75) is 90.4 Å². The predicted octanol–water partition coefficient (Wildman–Crippen LogP) is 7.28. The van der Waals surface area contributed by atoms with Crippen LogP contribution in [0.4, 0.5) is 16.6 Å². The SMILES string of the molecule is Cc1ccc(-n2nc(C(C)(C)C)cc2NC(=O)N[C@H]2CC[C@@H](Oc3ccc4nnc(N5CCC(C(C)(C)O)CC5)n4c3)c3ccccc32)cc1. The molecule has 1 fully saturated rings. The highest BCUT2D eigenvalue weighted by molar-refractivity contribution is 5.89. The second-order valence-corrected chi connectivity index (χ2v) is 15.4. The highest BCUT2D eigenvalue weighted by atomic mass is 16.5. The van der Waals surface area contributed by atoms with E-state index in [1.165, 1.54) is 0 Å². The van der Waals surface area contributed by atoms with Crippen molar-refractivity contribution in [3.63, 3.8) is 0 Å². The van der Waals surface area contributed by atoms with E-state index in [1.54, 1.807) is 4.68 Å². The first kappa shape index (κ1) is 33.6. The number of anilines is 2. The third-order valence-electron chi connectivity index (χ3n) is 10.2. The summed E-state index contributed by atoms with van der Waals surface area (Å²) in [5.74, 6) is 2.40. The van der Waals surface area contributed by atoms with Gasteiger partial charge < -0.3 is 20.1 Å². The molecular formula is C39H48N8O3. The summed E-state index contributed by atoms with van der Waals surface area (Å²) in [4.78, 5) is 15.8. The van der Waals surface area contributed by atoms with Crippen LogP contribution in [0.25, 0.3) is 11.3 Å². The van der Waals surface area contributed by atoms with E-state index >= 15 is 0 Å². The molecule has 2 aliphatic rings. The van der Waals surface area contributed by atoms with Crippen molar-refractivity contribution in [3.8, 4) is 11.4 Å². The van der Waals surface area contributed by atoms with Crippen LogP contribution in [-0.2, 0) is 5.41 Å². The Morgan fingerprint density at radius 1 is 0.900 bits per heavy atom. The highest BCUT2D eigenvalue weighted by Gasteiger charge is 2.33. The number of nitrogens with one attached hydrogen (secondary N) is 2. The van der Waals surface area contributed by atoms with E-state index in [0.717, 1.165) is 84.2 Å². The van der Waals surface area contributed by atoms with Gasteiger partial charge >= 0.3 is 6.03 Å². The Kier molecular flexibility index (Phi) is 8.80. The summed E-state index contributed by atoms with van der Waals surface area (Å²) in [6, 6.07) is 21.7. The van der Waals surface area contributed by atoms with Crippen LogP contribution in [0, 0.1) is 12.8 Å². The summed E-state index contributed by atoms with van der Waals surface area (Å²) in [7, 11) is 0. The lowest BCUT2D eigenvalue weighted by Crippen LogP contribution is -2.42. The molecule has 2 amide bonds. The van der Waals surface area contributed by atoms with Crippen LogP contribution in [-0.4, -0.2) is 54.2 Å². The molecular weight excluding hydrogens is 628 g/mol. The number of piperidine rings is 1. The number of ether oxygens (including phenoxy) is 1. The molecule has 262 valence electrons. The molecule has 11 heteroatoms. The fraction of sp³-hybridized carbons (Fsp3) is 0.436. The number of benzene rings is 2. The first-order valence-corrected chi connectivity index (χ1v) is 17.7. The van der Waals surface area contributed by atoms with Crippen molar-refractivity contribution >= 4 is 23.4 Å². The zero-order valence-corrected chi connectivity index (χ0v) is 29.8. The maximum atomic E-state index is 13.6. The van der Waals surface area contributed by atoms with Gasteiger partial charge in [0.1, 0.15) is 17.7 Å². The molecule has 1 aliphatic heterocycles. The lowest BCUT2D eigenvalue weighted by Gasteiger charge is -2.37. The number of hydrogen-bond acceptors (Lipinski definition) is 7. The molecule has 1 aliphatic carbocycles. The first-order chi connectivity index (χ1) is 23.8.